The molecule has 0 atom stereocenters. The molecule has 131 valence electrons. The normalized spacial score (nSPS) is 7.68. The number of rotatable bonds is 0. The predicted molar refractivity (Wildman–Crippen MR) is 92.3 cm³/mol. The molecule has 0 aliphatic carbocycles. The van der Waals surface area contributed by atoms with Gasteiger partial charge in [0, 0.05) is 22.4 Å². The molecule has 4 heterocycles. The van der Waals surface area contributed by atoms with Crippen molar-refractivity contribution < 1.29 is 22.4 Å². The molecule has 4 nitrogen and oxygen atoms in total. The molecule has 0 aliphatic heterocycles. The molecule has 1 radical (unpaired) electrons. The van der Waals surface area contributed by atoms with Gasteiger partial charge >= 0.3 is 0 Å². The summed E-state index contributed by atoms with van der Waals surface area (Å²) in [6.45, 7) is 0. The van der Waals surface area contributed by atoms with Crippen LogP contribution in [0, 0.1) is 24.8 Å². The Bertz CT molecular complexity index is 436. The molecule has 0 bridgehead atoms. The summed E-state index contributed by atoms with van der Waals surface area (Å²) in [4.78, 5) is 14.6. The van der Waals surface area contributed by atoms with Crippen LogP contribution in [0.25, 0.3) is 0 Å². The van der Waals surface area contributed by atoms with Crippen LogP contribution in [0.5, 0.6) is 0 Å². The number of hydrogen-bond acceptors (Lipinski definition) is 4. The Labute approximate surface area is 164 Å². The molecule has 0 aliphatic rings. The van der Waals surface area contributed by atoms with E-state index in [0.717, 1.165) is 0 Å². The van der Waals surface area contributed by atoms with E-state index < -0.39 is 0 Å². The second kappa shape index (κ2) is 19.4. The average molecular weight is 509 g/mol. The van der Waals surface area contributed by atoms with Gasteiger partial charge in [0.1, 0.15) is 0 Å². The standard InChI is InChI=1S/4C5H4N.Au/c4*1-2-4-6-5-3-1;/h4*1-4H;/q4*-1;. The van der Waals surface area contributed by atoms with Gasteiger partial charge in [-0.15, -0.1) is 0 Å². The SMILES string of the molecule is [Au].[c-]1ccccn1.[c-]1ccccn1.[c-]1ccccn1.[c-]1ccccn1. The van der Waals surface area contributed by atoms with E-state index in [-0.39, 0.29) is 22.4 Å². The first-order valence-corrected chi connectivity index (χ1v) is 7.08. The summed E-state index contributed by atoms with van der Waals surface area (Å²) < 4.78 is 0. The van der Waals surface area contributed by atoms with E-state index in [9.17, 15) is 0 Å². The predicted octanol–water partition coefficient (Wildman–Crippen LogP) is 3.52. The molecule has 25 heavy (non-hydrogen) atoms. The molecule has 4 aromatic heterocycles. The van der Waals surface area contributed by atoms with Gasteiger partial charge in [-0.3, -0.25) is 0 Å². The Morgan fingerprint density at radius 1 is 0.360 bits per heavy atom. The van der Waals surface area contributed by atoms with Gasteiger partial charge in [0.15, 0.2) is 0 Å². The Hall–Kier alpha value is -2.66. The van der Waals surface area contributed by atoms with Crippen LogP contribution in [0.2, 0.25) is 0 Å². The fraction of sp³-hybridized carbons (Fsp3) is 0. The van der Waals surface area contributed by atoms with E-state index in [4.69, 9.17) is 0 Å². The average Bonchev–Trinajstić information content (AvgIpc) is 2.75. The van der Waals surface area contributed by atoms with Crippen LogP contribution in [0.4, 0.5) is 0 Å². The quantitative estimate of drug-likeness (QED) is 0.269. The Morgan fingerprint density at radius 2 is 0.600 bits per heavy atom. The number of hydrogen-bond donors (Lipinski definition) is 0. The monoisotopic (exact) mass is 509 g/mol. The summed E-state index contributed by atoms with van der Waals surface area (Å²) in [5.74, 6) is 0. The summed E-state index contributed by atoms with van der Waals surface area (Å²) in [5.41, 5.74) is 0. The minimum absolute atomic E-state index is 0. The molecule has 4 rings (SSSR count). The van der Waals surface area contributed by atoms with Gasteiger partial charge in [-0.05, 0) is 0 Å². The first kappa shape index (κ1) is 22.3. The maximum Gasteiger partial charge on any atom is 0 e. The van der Waals surface area contributed by atoms with Crippen LogP contribution in [0.1, 0.15) is 0 Å². The molecule has 0 N–H and O–H groups in total. The van der Waals surface area contributed by atoms with E-state index in [1.165, 1.54) is 0 Å². The van der Waals surface area contributed by atoms with E-state index in [1.54, 1.807) is 49.1 Å². The molecule has 5 heteroatoms. The summed E-state index contributed by atoms with van der Waals surface area (Å²) >= 11 is 0. The molecule has 0 saturated heterocycles. The fourth-order valence-electron chi connectivity index (χ4n) is 1.11. The van der Waals surface area contributed by atoms with Crippen molar-refractivity contribution in [1.29, 1.82) is 0 Å². The number of aromatic nitrogens is 4. The fourth-order valence-corrected chi connectivity index (χ4v) is 1.11. The third kappa shape index (κ3) is 17.5. The Balaban J connectivity index is 0.000000303. The molecule has 0 amide bonds. The maximum atomic E-state index is 3.66. The maximum absolute atomic E-state index is 3.66. The smallest absolute Gasteiger partial charge is 0 e. The van der Waals surface area contributed by atoms with Gasteiger partial charge in [0.05, 0.1) is 0 Å². The number of nitrogens with zero attached hydrogens (tertiary/aromatic N) is 4. The van der Waals surface area contributed by atoms with Crippen molar-refractivity contribution in [2.45, 2.75) is 0 Å². The van der Waals surface area contributed by atoms with Crippen LogP contribution in [0.3, 0.4) is 0 Å². The third-order valence-electron chi connectivity index (χ3n) is 2.07. The van der Waals surface area contributed by atoms with E-state index in [2.05, 4.69) is 44.7 Å². The molecular weight excluding hydrogens is 493 g/mol. The van der Waals surface area contributed by atoms with Gasteiger partial charge in [0.2, 0.25) is 0 Å². The van der Waals surface area contributed by atoms with Crippen molar-refractivity contribution in [3.05, 3.63) is 122 Å². The van der Waals surface area contributed by atoms with E-state index in [0.29, 0.717) is 0 Å². The van der Waals surface area contributed by atoms with Crippen LogP contribution < -0.4 is 0 Å². The van der Waals surface area contributed by atoms with Crippen LogP contribution >= 0.6 is 0 Å². The van der Waals surface area contributed by atoms with Crippen LogP contribution in [0.15, 0.2) is 97.6 Å². The second-order valence-electron chi connectivity index (χ2n) is 3.84. The van der Waals surface area contributed by atoms with Crippen molar-refractivity contribution in [2.24, 2.45) is 0 Å². The zero-order valence-electron chi connectivity index (χ0n) is 13.3. The molecule has 0 aromatic carbocycles. The van der Waals surface area contributed by atoms with Gasteiger partial charge in [-0.1, -0.05) is 49.6 Å². The summed E-state index contributed by atoms with van der Waals surface area (Å²) in [6.07, 6.45) is 17.3. The molecular formula is C20H16AuN4-4. The molecule has 0 fully saturated rings. The Kier molecular flexibility index (Phi) is 17.3. The third-order valence-corrected chi connectivity index (χ3v) is 2.07. The van der Waals surface area contributed by atoms with Crippen molar-refractivity contribution in [1.82, 2.24) is 19.9 Å². The van der Waals surface area contributed by atoms with Crippen molar-refractivity contribution in [3.8, 4) is 0 Å². The largest absolute Gasteiger partial charge is 0.394 e. The topological polar surface area (TPSA) is 51.6 Å². The van der Waals surface area contributed by atoms with Crippen LogP contribution in [-0.4, -0.2) is 19.9 Å². The zero-order valence-corrected chi connectivity index (χ0v) is 15.5. The van der Waals surface area contributed by atoms with Crippen molar-refractivity contribution >= 4 is 0 Å². The summed E-state index contributed by atoms with van der Waals surface area (Å²) in [6, 6.07) is 22.0. The minimum atomic E-state index is 0. The van der Waals surface area contributed by atoms with E-state index >= 15 is 0 Å². The van der Waals surface area contributed by atoms with Gasteiger partial charge in [-0.25, -0.2) is 0 Å². The molecule has 0 unspecified atom stereocenters. The van der Waals surface area contributed by atoms with E-state index in [1.807, 2.05) is 48.5 Å². The zero-order chi connectivity index (χ0) is 17.0. The first-order chi connectivity index (χ1) is 12.0. The van der Waals surface area contributed by atoms with Gasteiger partial charge in [-0.2, -0.15) is 72.8 Å². The minimum Gasteiger partial charge on any atom is -0.394 e. The summed E-state index contributed by atoms with van der Waals surface area (Å²) in [5, 5.41) is 0. The first-order valence-electron chi connectivity index (χ1n) is 7.08. The Morgan fingerprint density at radius 3 is 0.640 bits per heavy atom. The summed E-state index contributed by atoms with van der Waals surface area (Å²) in [7, 11) is 0. The van der Waals surface area contributed by atoms with Gasteiger partial charge < -0.3 is 19.9 Å². The van der Waals surface area contributed by atoms with Crippen molar-refractivity contribution in [2.75, 3.05) is 0 Å². The van der Waals surface area contributed by atoms with Crippen molar-refractivity contribution in [3.63, 3.8) is 0 Å². The van der Waals surface area contributed by atoms with Gasteiger partial charge in [0.25, 0.3) is 0 Å². The number of pyridine rings is 4. The molecule has 4 aromatic rings. The molecule has 0 spiro atoms. The molecule has 0 saturated carbocycles. The van der Waals surface area contributed by atoms with Crippen LogP contribution in [-0.2, 0) is 22.4 Å². The second-order valence-corrected chi connectivity index (χ2v) is 3.84.